The van der Waals surface area contributed by atoms with Crippen molar-refractivity contribution in [1.29, 1.82) is 5.53 Å². The van der Waals surface area contributed by atoms with E-state index >= 15 is 0 Å². The number of allylic oxidation sites excluding steroid dienone is 1. The lowest BCUT2D eigenvalue weighted by atomic mass is 9.86. The van der Waals surface area contributed by atoms with Crippen LogP contribution in [-0.4, -0.2) is 34.5 Å². The number of hydrogen-bond acceptors (Lipinski definition) is 7. The van der Waals surface area contributed by atoms with E-state index in [0.29, 0.717) is 23.8 Å². The first kappa shape index (κ1) is 38.2. The Balaban J connectivity index is 1.54. The molecule has 8 nitrogen and oxygen atoms in total. The zero-order valence-corrected chi connectivity index (χ0v) is 31.0. The van der Waals surface area contributed by atoms with E-state index in [1.54, 1.807) is 19.2 Å². The maximum absolute atomic E-state index is 7.97. The van der Waals surface area contributed by atoms with Gasteiger partial charge in [0, 0.05) is 24.4 Å². The van der Waals surface area contributed by atoms with Gasteiger partial charge in [-0.15, -0.1) is 0 Å². The summed E-state index contributed by atoms with van der Waals surface area (Å²) in [6.07, 6.45) is 8.65. The lowest BCUT2D eigenvalue weighted by molar-refractivity contribution is 0.297. The van der Waals surface area contributed by atoms with Crippen molar-refractivity contribution in [2.45, 2.75) is 97.8 Å². The Hall–Kier alpha value is -4.20. The van der Waals surface area contributed by atoms with Crippen molar-refractivity contribution in [3.63, 3.8) is 0 Å². The van der Waals surface area contributed by atoms with Gasteiger partial charge in [-0.3, -0.25) is 0 Å². The third-order valence-corrected chi connectivity index (χ3v) is 8.46. The zero-order chi connectivity index (χ0) is 35.3. The van der Waals surface area contributed by atoms with E-state index in [2.05, 4.69) is 88.5 Å². The van der Waals surface area contributed by atoms with Crippen molar-refractivity contribution >= 4 is 17.5 Å². The molecule has 0 bridgehead atoms. The predicted octanol–water partition coefficient (Wildman–Crippen LogP) is 11.0. The van der Waals surface area contributed by atoms with Crippen LogP contribution in [-0.2, 0) is 10.8 Å². The molecular formula is C40H58N4O4. The van der Waals surface area contributed by atoms with Crippen molar-refractivity contribution in [3.05, 3.63) is 77.0 Å². The Morgan fingerprint density at radius 3 is 1.81 bits per heavy atom. The second kappa shape index (κ2) is 17.8. The van der Waals surface area contributed by atoms with Crippen LogP contribution in [0.1, 0.15) is 104 Å². The molecule has 0 heterocycles. The second-order valence-corrected chi connectivity index (χ2v) is 14.3. The van der Waals surface area contributed by atoms with Crippen LogP contribution in [0.2, 0.25) is 0 Å². The van der Waals surface area contributed by atoms with Crippen molar-refractivity contribution in [2.24, 2.45) is 5.22 Å². The van der Waals surface area contributed by atoms with Crippen molar-refractivity contribution in [2.75, 3.05) is 44.8 Å². The maximum atomic E-state index is 7.97. The average molecular weight is 659 g/mol. The molecular weight excluding hydrogens is 600 g/mol. The van der Waals surface area contributed by atoms with Crippen LogP contribution in [0, 0.1) is 5.53 Å². The van der Waals surface area contributed by atoms with Gasteiger partial charge in [-0.2, -0.15) is 5.53 Å². The molecule has 3 aromatic rings. The first-order chi connectivity index (χ1) is 22.8. The number of nitrogens with one attached hydrogen (secondary N) is 2. The molecule has 262 valence electrons. The highest BCUT2D eigenvalue weighted by Gasteiger charge is 2.19. The summed E-state index contributed by atoms with van der Waals surface area (Å²) in [5, 5.41) is 8.65. The van der Waals surface area contributed by atoms with Crippen LogP contribution < -0.4 is 29.3 Å². The molecule has 8 heteroatoms. The van der Waals surface area contributed by atoms with Gasteiger partial charge in [0.2, 0.25) is 0 Å². The Labute approximate surface area is 289 Å². The fourth-order valence-corrected chi connectivity index (χ4v) is 5.42. The number of methoxy groups -OCH3 is 2. The monoisotopic (exact) mass is 658 g/mol. The minimum atomic E-state index is -0.0262. The normalized spacial score (nSPS) is 12.0. The lowest BCUT2D eigenvalue weighted by Crippen LogP contribution is -2.14. The van der Waals surface area contributed by atoms with E-state index in [1.807, 2.05) is 38.2 Å². The van der Waals surface area contributed by atoms with Gasteiger partial charge in [0.1, 0.15) is 28.7 Å². The summed E-state index contributed by atoms with van der Waals surface area (Å²) in [6, 6.07) is 18.3. The largest absolute Gasteiger partial charge is 0.497 e. The molecule has 2 N–H and O–H groups in total. The number of benzene rings is 3. The SMILES string of the molecule is CNc1cc(C(C)(C)C)ccc1OCCCCCCCCOc1ccc(C(C)(C)C)cc1/C=C(\C)N(N=N)c1cc(OC)ccc1OC. The number of nitrogens with zero attached hydrogens (tertiary/aromatic N) is 2. The maximum Gasteiger partial charge on any atom is 0.144 e. The average Bonchev–Trinajstić information content (AvgIpc) is 3.05. The molecule has 0 saturated carbocycles. The highest BCUT2D eigenvalue weighted by Crippen LogP contribution is 2.37. The summed E-state index contributed by atoms with van der Waals surface area (Å²) >= 11 is 0. The van der Waals surface area contributed by atoms with Crippen molar-refractivity contribution in [1.82, 2.24) is 0 Å². The van der Waals surface area contributed by atoms with Crippen molar-refractivity contribution < 1.29 is 18.9 Å². The summed E-state index contributed by atoms with van der Waals surface area (Å²) in [7, 11) is 5.16. The zero-order valence-electron chi connectivity index (χ0n) is 31.0. The smallest absolute Gasteiger partial charge is 0.144 e. The van der Waals surface area contributed by atoms with Crippen LogP contribution in [0.25, 0.3) is 6.08 Å². The molecule has 3 rings (SSSR count). The summed E-state index contributed by atoms with van der Waals surface area (Å²) in [5.41, 5.74) is 13.9. The van der Waals surface area contributed by atoms with E-state index in [-0.39, 0.29) is 10.8 Å². The van der Waals surface area contributed by atoms with E-state index in [4.69, 9.17) is 24.5 Å². The van der Waals surface area contributed by atoms with E-state index in [9.17, 15) is 0 Å². The molecule has 3 aromatic carbocycles. The molecule has 0 amide bonds. The molecule has 0 atom stereocenters. The Morgan fingerprint density at radius 2 is 1.27 bits per heavy atom. The molecule has 48 heavy (non-hydrogen) atoms. The number of unbranched alkanes of at least 4 members (excludes halogenated alkanes) is 5. The Bertz CT molecular complexity index is 1500. The lowest BCUT2D eigenvalue weighted by Gasteiger charge is -2.23. The molecule has 0 aliphatic heterocycles. The molecule has 0 aromatic heterocycles. The Morgan fingerprint density at radius 1 is 0.729 bits per heavy atom. The minimum absolute atomic E-state index is 0.0262. The Kier molecular flexibility index (Phi) is 14.2. The standard InChI is InChI=1S/C40H58N4O4/c1-29(44(43-41)35-28-33(45-9)19-22-38(35)46-10)25-30-26-31(39(2,3)4)17-20-36(30)47-23-15-13-11-12-14-16-24-48-37-21-18-32(40(5,6)7)27-34(37)42-8/h17-22,25-28,41-42H,11-16,23-24H2,1-10H3/b29-25+,43-41?. The van der Waals surface area contributed by atoms with Gasteiger partial charge in [0.05, 0.1) is 33.1 Å². The van der Waals surface area contributed by atoms with Gasteiger partial charge in [0.25, 0.3) is 0 Å². The molecule has 0 aliphatic rings. The van der Waals surface area contributed by atoms with Crippen LogP contribution in [0.4, 0.5) is 11.4 Å². The first-order valence-electron chi connectivity index (χ1n) is 17.1. The molecule has 0 unspecified atom stereocenters. The number of anilines is 2. The molecule has 0 fully saturated rings. The van der Waals surface area contributed by atoms with E-state index in [1.165, 1.54) is 24.0 Å². The third-order valence-electron chi connectivity index (χ3n) is 8.46. The fraction of sp³-hybridized carbons (Fsp3) is 0.500. The molecule has 0 aliphatic carbocycles. The van der Waals surface area contributed by atoms with Crippen LogP contribution in [0.5, 0.6) is 23.0 Å². The summed E-state index contributed by atoms with van der Waals surface area (Å²) in [6.45, 7) is 16.6. The highest BCUT2D eigenvalue weighted by molar-refractivity contribution is 5.69. The summed E-state index contributed by atoms with van der Waals surface area (Å²) in [4.78, 5) is 0. The minimum Gasteiger partial charge on any atom is -0.497 e. The first-order valence-corrected chi connectivity index (χ1v) is 17.1. The molecule has 0 saturated heterocycles. The molecule has 0 radical (unpaired) electrons. The van der Waals surface area contributed by atoms with Gasteiger partial charge in [-0.1, -0.05) is 84.6 Å². The summed E-state index contributed by atoms with van der Waals surface area (Å²) in [5.74, 6) is 2.99. The van der Waals surface area contributed by atoms with Gasteiger partial charge in [0.15, 0.2) is 0 Å². The van der Waals surface area contributed by atoms with Crippen LogP contribution >= 0.6 is 0 Å². The van der Waals surface area contributed by atoms with E-state index in [0.717, 1.165) is 60.7 Å². The van der Waals surface area contributed by atoms with Gasteiger partial charge >= 0.3 is 0 Å². The predicted molar refractivity (Wildman–Crippen MR) is 199 cm³/mol. The number of rotatable bonds is 18. The number of ether oxygens (including phenoxy) is 4. The third kappa shape index (κ3) is 10.9. The van der Waals surface area contributed by atoms with Gasteiger partial charge < -0.3 is 24.3 Å². The second-order valence-electron chi connectivity index (χ2n) is 14.3. The van der Waals surface area contributed by atoms with E-state index < -0.39 is 0 Å². The molecule has 0 spiro atoms. The van der Waals surface area contributed by atoms with Crippen LogP contribution in [0.15, 0.2) is 65.5 Å². The van der Waals surface area contributed by atoms with Crippen molar-refractivity contribution in [3.8, 4) is 23.0 Å². The summed E-state index contributed by atoms with van der Waals surface area (Å²) < 4.78 is 23.4. The van der Waals surface area contributed by atoms with Gasteiger partial charge in [-0.05, 0) is 84.2 Å². The topological polar surface area (TPSA) is 88.4 Å². The highest BCUT2D eigenvalue weighted by atomic mass is 16.5. The fourth-order valence-electron chi connectivity index (χ4n) is 5.42. The quantitative estimate of drug-likeness (QED) is 0.0803. The van der Waals surface area contributed by atoms with Gasteiger partial charge in [-0.25, -0.2) is 5.01 Å². The van der Waals surface area contributed by atoms with Crippen LogP contribution in [0.3, 0.4) is 0 Å². The number of hydrogen-bond donors (Lipinski definition) is 2.